The molecule has 0 saturated carbocycles. The van der Waals surface area contributed by atoms with E-state index in [-0.39, 0.29) is 29.6 Å². The highest BCUT2D eigenvalue weighted by molar-refractivity contribution is 7.92. The van der Waals surface area contributed by atoms with Crippen LogP contribution in [0.25, 0.3) is 0 Å². The molecule has 3 rings (SSSR count). The largest absolute Gasteiger partial charge is 0.495 e. The van der Waals surface area contributed by atoms with Gasteiger partial charge in [-0.15, -0.1) is 0 Å². The molecule has 0 unspecified atom stereocenters. The SMILES string of the molecule is CNC(=O)[C@H](Cc1ccccc1)N(Cc1ccccc1)C(=O)CN(c1ccc(OC)c(Cl)c1)S(C)(=O)=O. The highest BCUT2D eigenvalue weighted by atomic mass is 35.5. The summed E-state index contributed by atoms with van der Waals surface area (Å²) in [6.07, 6.45) is 1.27. The van der Waals surface area contributed by atoms with Gasteiger partial charge in [0.25, 0.3) is 0 Å². The Kier molecular flexibility index (Phi) is 9.54. The molecule has 0 aromatic heterocycles. The molecule has 3 aromatic carbocycles. The Hall–Kier alpha value is -3.56. The minimum atomic E-state index is -3.88. The van der Waals surface area contributed by atoms with Crippen molar-refractivity contribution < 1.29 is 22.7 Å². The maximum Gasteiger partial charge on any atom is 0.244 e. The van der Waals surface area contributed by atoms with Crippen LogP contribution >= 0.6 is 11.6 Å². The van der Waals surface area contributed by atoms with Crippen LogP contribution in [0.2, 0.25) is 5.02 Å². The summed E-state index contributed by atoms with van der Waals surface area (Å²) >= 11 is 6.24. The van der Waals surface area contributed by atoms with Gasteiger partial charge < -0.3 is 15.0 Å². The summed E-state index contributed by atoms with van der Waals surface area (Å²) in [7, 11) is -0.922. The van der Waals surface area contributed by atoms with Crippen LogP contribution in [0.4, 0.5) is 5.69 Å². The van der Waals surface area contributed by atoms with Crippen LogP contribution in [0.1, 0.15) is 11.1 Å². The van der Waals surface area contributed by atoms with E-state index < -0.39 is 28.5 Å². The number of methoxy groups -OCH3 is 1. The molecular weight excluding hydrogens is 514 g/mol. The molecule has 1 atom stereocenters. The predicted octanol–water partition coefficient (Wildman–Crippen LogP) is 3.50. The van der Waals surface area contributed by atoms with Gasteiger partial charge in [0.05, 0.1) is 24.1 Å². The van der Waals surface area contributed by atoms with Crippen LogP contribution < -0.4 is 14.4 Å². The maximum absolute atomic E-state index is 13.8. The predicted molar refractivity (Wildman–Crippen MR) is 145 cm³/mol. The van der Waals surface area contributed by atoms with E-state index >= 15 is 0 Å². The second kappa shape index (κ2) is 12.6. The van der Waals surface area contributed by atoms with Crippen molar-refractivity contribution >= 4 is 39.1 Å². The van der Waals surface area contributed by atoms with E-state index in [4.69, 9.17) is 16.3 Å². The number of likely N-dealkylation sites (N-methyl/N-ethyl adjacent to an activating group) is 1. The van der Waals surface area contributed by atoms with Crippen molar-refractivity contribution in [2.45, 2.75) is 19.0 Å². The molecule has 2 amide bonds. The van der Waals surface area contributed by atoms with Gasteiger partial charge in [0, 0.05) is 20.0 Å². The van der Waals surface area contributed by atoms with Gasteiger partial charge >= 0.3 is 0 Å². The van der Waals surface area contributed by atoms with Gasteiger partial charge in [-0.2, -0.15) is 0 Å². The number of sulfonamides is 1. The number of nitrogens with zero attached hydrogens (tertiary/aromatic N) is 2. The van der Waals surface area contributed by atoms with Gasteiger partial charge in [0.15, 0.2) is 0 Å². The maximum atomic E-state index is 13.8. The minimum absolute atomic E-state index is 0.117. The van der Waals surface area contributed by atoms with E-state index in [1.54, 1.807) is 0 Å². The average Bonchev–Trinajstić information content (AvgIpc) is 2.89. The highest BCUT2D eigenvalue weighted by Gasteiger charge is 2.32. The van der Waals surface area contributed by atoms with Crippen LogP contribution in [0.15, 0.2) is 78.9 Å². The Labute approximate surface area is 222 Å². The molecular formula is C27H30ClN3O5S. The first kappa shape index (κ1) is 28.0. The average molecular weight is 544 g/mol. The van der Waals surface area contributed by atoms with Crippen molar-refractivity contribution in [3.63, 3.8) is 0 Å². The molecule has 0 heterocycles. The number of ether oxygens (including phenoxy) is 1. The van der Waals surface area contributed by atoms with Crippen molar-refractivity contribution in [1.82, 2.24) is 10.2 Å². The molecule has 0 fully saturated rings. The zero-order chi connectivity index (χ0) is 27.0. The number of amides is 2. The molecule has 1 N–H and O–H groups in total. The van der Waals surface area contributed by atoms with Crippen molar-refractivity contribution in [2.24, 2.45) is 0 Å². The first-order valence-corrected chi connectivity index (χ1v) is 13.8. The van der Waals surface area contributed by atoms with Crippen LogP contribution in [0.3, 0.4) is 0 Å². The molecule has 8 nitrogen and oxygen atoms in total. The summed E-state index contributed by atoms with van der Waals surface area (Å²) in [4.78, 5) is 28.3. The van der Waals surface area contributed by atoms with E-state index in [1.807, 2.05) is 60.7 Å². The summed E-state index contributed by atoms with van der Waals surface area (Å²) < 4.78 is 31.7. The fourth-order valence-corrected chi connectivity index (χ4v) is 5.02. The minimum Gasteiger partial charge on any atom is -0.495 e. The molecule has 0 aliphatic carbocycles. The summed E-state index contributed by atoms with van der Waals surface area (Å²) in [5.74, 6) is -0.518. The lowest BCUT2D eigenvalue weighted by atomic mass is 10.0. The number of halogens is 1. The van der Waals surface area contributed by atoms with E-state index in [9.17, 15) is 18.0 Å². The fourth-order valence-electron chi connectivity index (χ4n) is 3.92. The lowest BCUT2D eigenvalue weighted by Gasteiger charge is -2.33. The summed E-state index contributed by atoms with van der Waals surface area (Å²) in [5, 5.41) is 2.85. The number of hydrogen-bond donors (Lipinski definition) is 1. The number of carbonyl (C=O) groups excluding carboxylic acids is 2. The normalized spacial score (nSPS) is 11.9. The quantitative estimate of drug-likeness (QED) is 0.399. The number of anilines is 1. The second-order valence-corrected chi connectivity index (χ2v) is 10.7. The van der Waals surface area contributed by atoms with Gasteiger partial charge in [-0.05, 0) is 29.3 Å². The molecule has 0 aliphatic heterocycles. The summed E-state index contributed by atoms with van der Waals surface area (Å²) in [6, 6.07) is 22.2. The van der Waals surface area contributed by atoms with E-state index in [2.05, 4.69) is 5.32 Å². The second-order valence-electron chi connectivity index (χ2n) is 8.42. The smallest absolute Gasteiger partial charge is 0.244 e. The van der Waals surface area contributed by atoms with E-state index in [0.29, 0.717) is 5.75 Å². The van der Waals surface area contributed by atoms with Crippen LogP contribution in [-0.2, 0) is 32.6 Å². The van der Waals surface area contributed by atoms with Crippen molar-refractivity contribution in [2.75, 3.05) is 31.3 Å². The Morgan fingerprint density at radius 2 is 1.57 bits per heavy atom. The fraction of sp³-hybridized carbons (Fsp3) is 0.259. The summed E-state index contributed by atoms with van der Waals surface area (Å²) in [5.41, 5.74) is 1.88. The Bertz CT molecular complexity index is 1320. The third-order valence-electron chi connectivity index (χ3n) is 5.82. The van der Waals surface area contributed by atoms with Crippen LogP contribution in [0, 0.1) is 0 Å². The van der Waals surface area contributed by atoms with Gasteiger partial charge in [0.2, 0.25) is 21.8 Å². The topological polar surface area (TPSA) is 96.0 Å². The number of nitrogens with one attached hydrogen (secondary N) is 1. The molecule has 10 heteroatoms. The van der Waals surface area contributed by atoms with Gasteiger partial charge in [-0.25, -0.2) is 8.42 Å². The molecule has 0 aliphatic rings. The zero-order valence-corrected chi connectivity index (χ0v) is 22.5. The van der Waals surface area contributed by atoms with Crippen LogP contribution in [-0.4, -0.2) is 58.1 Å². The molecule has 0 saturated heterocycles. The lowest BCUT2D eigenvalue weighted by molar-refractivity contribution is -0.139. The van der Waals surface area contributed by atoms with Crippen molar-refractivity contribution in [3.8, 4) is 5.75 Å². The number of carbonyl (C=O) groups is 2. The molecule has 3 aromatic rings. The van der Waals surface area contributed by atoms with Gasteiger partial charge in [-0.3, -0.25) is 13.9 Å². The van der Waals surface area contributed by atoms with Crippen molar-refractivity contribution in [3.05, 3.63) is 95.0 Å². The molecule has 196 valence electrons. The highest BCUT2D eigenvalue weighted by Crippen LogP contribution is 2.30. The summed E-state index contributed by atoms with van der Waals surface area (Å²) in [6.45, 7) is -0.401. The van der Waals surface area contributed by atoms with E-state index in [1.165, 1.54) is 37.3 Å². The number of hydrogen-bond acceptors (Lipinski definition) is 5. The third kappa shape index (κ3) is 7.47. The Morgan fingerprint density at radius 3 is 2.08 bits per heavy atom. The zero-order valence-electron chi connectivity index (χ0n) is 20.9. The number of rotatable bonds is 11. The van der Waals surface area contributed by atoms with Gasteiger partial charge in [-0.1, -0.05) is 72.3 Å². The third-order valence-corrected chi connectivity index (χ3v) is 7.25. The molecule has 0 bridgehead atoms. The van der Waals surface area contributed by atoms with Crippen LogP contribution in [0.5, 0.6) is 5.75 Å². The first-order chi connectivity index (χ1) is 17.6. The Morgan fingerprint density at radius 1 is 0.973 bits per heavy atom. The van der Waals surface area contributed by atoms with Gasteiger partial charge in [0.1, 0.15) is 18.3 Å². The lowest BCUT2D eigenvalue weighted by Crippen LogP contribution is -2.52. The molecule has 37 heavy (non-hydrogen) atoms. The Balaban J connectivity index is 2.01. The molecule has 0 spiro atoms. The van der Waals surface area contributed by atoms with Crippen molar-refractivity contribution in [1.29, 1.82) is 0 Å². The standard InChI is InChI=1S/C27H30ClN3O5S/c1-29-27(33)24(16-20-10-6-4-7-11-20)30(18-21-12-8-5-9-13-21)26(32)19-31(37(3,34)35)22-14-15-25(36-2)23(28)17-22/h4-15,17,24H,16,18-19H2,1-3H3,(H,29,33)/t24-/m0/s1. The molecule has 0 radical (unpaired) electrons. The van der Waals surface area contributed by atoms with E-state index in [0.717, 1.165) is 21.7 Å². The number of benzene rings is 3. The monoisotopic (exact) mass is 543 g/mol. The first-order valence-electron chi connectivity index (χ1n) is 11.5.